The lowest BCUT2D eigenvalue weighted by atomic mass is 9.44. The van der Waals surface area contributed by atoms with Crippen LogP contribution < -0.4 is 5.32 Å². The molecule has 288 valence electrons. The van der Waals surface area contributed by atoms with E-state index in [1.807, 2.05) is 0 Å². The number of nitrogens with one attached hydrogen (secondary N) is 1. The molecule has 3 aliphatic carbocycles. The van der Waals surface area contributed by atoms with Crippen LogP contribution in [0.2, 0.25) is 0 Å². The quantitative estimate of drug-likeness (QED) is 0.173. The fraction of sp³-hybridized carbons (Fsp3) is 0.684. The predicted molar refractivity (Wildman–Crippen MR) is 184 cm³/mol. The van der Waals surface area contributed by atoms with E-state index in [1.54, 1.807) is 78.8 Å². The van der Waals surface area contributed by atoms with Crippen molar-refractivity contribution in [2.45, 2.75) is 128 Å². The molecule has 11 unspecified atom stereocenters. The van der Waals surface area contributed by atoms with Crippen molar-refractivity contribution in [1.29, 1.82) is 0 Å². The summed E-state index contributed by atoms with van der Waals surface area (Å²) in [4.78, 5) is 54.3. The Morgan fingerprint density at radius 1 is 1.06 bits per heavy atom. The van der Waals surface area contributed by atoms with Crippen LogP contribution in [0.15, 0.2) is 41.5 Å². The van der Waals surface area contributed by atoms with Gasteiger partial charge in [0.1, 0.15) is 29.5 Å². The third-order valence-corrected chi connectivity index (χ3v) is 11.8. The standard InChI is InChI=1S/C38H53NO13/c1-19-22(50-32(44)27(41)26(21-14-12-11-13-15-21)39-33(45)52-34(3,4)5)17-38(46)31(43)29-36(8,30(42)28(48-10)25(19)35(38,6)7)23(47-9)16-24-37(29,18-49-24)51-20(2)40/h11-15,22-24,26-29,31,41,43,46H,16-18H2,1-10H3,(H,39,45). The van der Waals surface area contributed by atoms with E-state index in [2.05, 4.69) is 5.32 Å². The molecule has 2 saturated carbocycles. The molecular weight excluding hydrogens is 678 g/mol. The highest BCUT2D eigenvalue weighted by molar-refractivity contribution is 5.94. The first-order chi connectivity index (χ1) is 24.1. The number of aliphatic hydroxyl groups excluding tert-OH is 2. The van der Waals surface area contributed by atoms with Gasteiger partial charge in [-0.25, -0.2) is 9.59 Å². The highest BCUT2D eigenvalue weighted by atomic mass is 16.6. The molecule has 1 aliphatic heterocycles. The zero-order chi connectivity index (χ0) is 38.8. The number of Topliss-reactive ketones (excluding diaryl/α,β-unsaturated/α-hetero) is 1. The molecule has 0 aromatic heterocycles. The van der Waals surface area contributed by atoms with Crippen molar-refractivity contribution in [1.82, 2.24) is 5.32 Å². The second-order valence-corrected chi connectivity index (χ2v) is 16.2. The molecule has 1 aromatic carbocycles. The number of esters is 2. The zero-order valence-corrected chi connectivity index (χ0v) is 31.6. The van der Waals surface area contributed by atoms with E-state index in [0.717, 1.165) is 0 Å². The molecule has 3 fully saturated rings. The highest BCUT2D eigenvalue weighted by Gasteiger charge is 2.77. The minimum Gasteiger partial charge on any atom is -0.456 e. The summed E-state index contributed by atoms with van der Waals surface area (Å²) in [7, 11) is 2.79. The van der Waals surface area contributed by atoms with Gasteiger partial charge in [-0.15, -0.1) is 0 Å². The number of hydrogen-bond acceptors (Lipinski definition) is 13. The van der Waals surface area contributed by atoms with Gasteiger partial charge in [0, 0.05) is 45.3 Å². The second-order valence-electron chi connectivity index (χ2n) is 16.2. The maximum absolute atomic E-state index is 15.0. The maximum Gasteiger partial charge on any atom is 0.408 e. The van der Waals surface area contributed by atoms with Gasteiger partial charge < -0.3 is 49.1 Å². The fourth-order valence-electron chi connectivity index (χ4n) is 9.19. The number of aliphatic hydroxyl groups is 3. The normalized spacial score (nSPS) is 36.4. The summed E-state index contributed by atoms with van der Waals surface area (Å²) >= 11 is 0. The largest absolute Gasteiger partial charge is 0.456 e. The van der Waals surface area contributed by atoms with Crippen molar-refractivity contribution in [3.8, 4) is 0 Å². The fourth-order valence-corrected chi connectivity index (χ4v) is 9.19. The molecular formula is C38H53NO13. The van der Waals surface area contributed by atoms with Crippen molar-refractivity contribution in [3.63, 3.8) is 0 Å². The number of carbonyl (C=O) groups is 4. The predicted octanol–water partition coefficient (Wildman–Crippen LogP) is 2.70. The zero-order valence-electron chi connectivity index (χ0n) is 31.6. The monoisotopic (exact) mass is 731 g/mol. The minimum atomic E-state index is -2.14. The second kappa shape index (κ2) is 13.8. The van der Waals surface area contributed by atoms with Crippen molar-refractivity contribution in [3.05, 3.63) is 47.0 Å². The molecule has 14 nitrogen and oxygen atoms in total. The Bertz CT molecular complexity index is 1600. The first kappa shape index (κ1) is 39.8. The summed E-state index contributed by atoms with van der Waals surface area (Å²) < 4.78 is 35.0. The van der Waals surface area contributed by atoms with E-state index in [4.69, 9.17) is 28.4 Å². The van der Waals surface area contributed by atoms with Gasteiger partial charge in [-0.3, -0.25) is 9.59 Å². The van der Waals surface area contributed by atoms with Gasteiger partial charge in [0.05, 0.1) is 30.3 Å². The summed E-state index contributed by atoms with van der Waals surface area (Å²) in [5, 5.41) is 39.6. The van der Waals surface area contributed by atoms with E-state index in [-0.39, 0.29) is 25.0 Å². The topological polar surface area (TPSA) is 196 Å². The molecule has 52 heavy (non-hydrogen) atoms. The van der Waals surface area contributed by atoms with Crippen LogP contribution in [0, 0.1) is 16.7 Å². The Kier molecular flexibility index (Phi) is 10.5. The third kappa shape index (κ3) is 6.24. The number of benzene rings is 1. The van der Waals surface area contributed by atoms with Crippen LogP contribution in [0.5, 0.6) is 0 Å². The molecule has 0 spiro atoms. The summed E-state index contributed by atoms with van der Waals surface area (Å²) in [6, 6.07) is 7.02. The van der Waals surface area contributed by atoms with Crippen LogP contribution >= 0.6 is 0 Å². The first-order valence-electron chi connectivity index (χ1n) is 17.6. The molecule has 11 atom stereocenters. The van der Waals surface area contributed by atoms with E-state index in [0.29, 0.717) is 11.1 Å². The molecule has 1 heterocycles. The van der Waals surface area contributed by atoms with Crippen molar-refractivity contribution < 1.29 is 62.9 Å². The van der Waals surface area contributed by atoms with E-state index in [1.165, 1.54) is 21.1 Å². The van der Waals surface area contributed by atoms with Crippen LogP contribution in [-0.4, -0.2) is 113 Å². The number of ketones is 1. The Morgan fingerprint density at radius 3 is 2.21 bits per heavy atom. The molecule has 5 rings (SSSR count). The SMILES string of the molecule is COC1C(=O)C2(C)C(OC)CC3OCC3(OC(C)=O)C2C(O)C2(O)CC(OC(=O)C(O)C(NC(=O)OC(C)(C)C)c3ccccc3)C(C)=C1C2(C)C. The van der Waals surface area contributed by atoms with Gasteiger partial charge in [0.25, 0.3) is 0 Å². The molecule has 0 radical (unpaired) electrons. The number of alkyl carbamates (subject to hydrolysis) is 1. The molecule has 1 amide bonds. The van der Waals surface area contributed by atoms with Crippen LogP contribution in [0.1, 0.15) is 79.8 Å². The number of ether oxygens (including phenoxy) is 6. The molecule has 4 aliphatic rings. The number of fused-ring (bicyclic) bond motifs is 5. The molecule has 4 N–H and O–H groups in total. The average Bonchev–Trinajstić information content (AvgIpc) is 3.05. The van der Waals surface area contributed by atoms with Crippen molar-refractivity contribution in [2.75, 3.05) is 20.8 Å². The van der Waals surface area contributed by atoms with Crippen LogP contribution in [0.3, 0.4) is 0 Å². The lowest BCUT2D eigenvalue weighted by Crippen LogP contribution is -2.81. The van der Waals surface area contributed by atoms with E-state index >= 15 is 4.79 Å². The number of rotatable bonds is 8. The minimum absolute atomic E-state index is 0.135. The molecule has 2 bridgehead atoms. The Morgan fingerprint density at radius 2 is 1.69 bits per heavy atom. The summed E-state index contributed by atoms with van der Waals surface area (Å²) in [6.45, 7) is 12.7. The Hall–Kier alpha value is -3.40. The lowest BCUT2D eigenvalue weighted by molar-refractivity contribution is -0.348. The first-order valence-corrected chi connectivity index (χ1v) is 17.6. The van der Waals surface area contributed by atoms with E-state index in [9.17, 15) is 29.7 Å². The van der Waals surface area contributed by atoms with E-state index < -0.39 is 100 Å². The number of carbonyl (C=O) groups excluding carboxylic acids is 4. The van der Waals surface area contributed by atoms with Crippen LogP contribution in [0.25, 0.3) is 0 Å². The molecule has 1 saturated heterocycles. The van der Waals surface area contributed by atoms with Crippen LogP contribution in [0.4, 0.5) is 4.79 Å². The number of hydrogen-bond donors (Lipinski definition) is 4. The van der Waals surface area contributed by atoms with Gasteiger partial charge in [0.15, 0.2) is 17.5 Å². The van der Waals surface area contributed by atoms with Gasteiger partial charge in [-0.1, -0.05) is 44.2 Å². The summed E-state index contributed by atoms with van der Waals surface area (Å²) in [6.07, 6.45) is -8.96. The number of amides is 1. The van der Waals surface area contributed by atoms with Crippen LogP contribution in [-0.2, 0) is 42.8 Å². The third-order valence-electron chi connectivity index (χ3n) is 11.8. The van der Waals surface area contributed by atoms with Crippen molar-refractivity contribution >= 4 is 23.8 Å². The average molecular weight is 732 g/mol. The summed E-state index contributed by atoms with van der Waals surface area (Å²) in [5.74, 6) is -3.53. The smallest absolute Gasteiger partial charge is 0.408 e. The van der Waals surface area contributed by atoms with Gasteiger partial charge >= 0.3 is 18.0 Å². The number of methoxy groups -OCH3 is 2. The highest BCUT2D eigenvalue weighted by Crippen LogP contribution is 2.64. The van der Waals surface area contributed by atoms with Crippen molar-refractivity contribution in [2.24, 2.45) is 16.7 Å². The molecule has 14 heteroatoms. The van der Waals surface area contributed by atoms with Gasteiger partial charge in [-0.05, 0) is 51.3 Å². The Labute approximate surface area is 304 Å². The van der Waals surface area contributed by atoms with Gasteiger partial charge in [-0.2, -0.15) is 0 Å². The Balaban J connectivity index is 1.60. The maximum atomic E-state index is 15.0. The molecule has 1 aromatic rings. The lowest BCUT2D eigenvalue weighted by Gasteiger charge is -2.67. The summed E-state index contributed by atoms with van der Waals surface area (Å²) in [5.41, 5.74) is -6.39. The van der Waals surface area contributed by atoms with Gasteiger partial charge in [0.2, 0.25) is 0 Å².